The molecule has 0 fully saturated rings. The SMILES string of the molecule is CC1(C)OCc2cc(O)ccc21. The highest BCUT2D eigenvalue weighted by Gasteiger charge is 2.30. The minimum absolute atomic E-state index is 0.191. The zero-order chi connectivity index (χ0) is 8.77. The van der Waals surface area contributed by atoms with Crippen molar-refractivity contribution in [2.45, 2.75) is 26.1 Å². The Balaban J connectivity index is 2.55. The van der Waals surface area contributed by atoms with Gasteiger partial charge in [-0.1, -0.05) is 6.07 Å². The minimum atomic E-state index is -0.191. The lowest BCUT2D eigenvalue weighted by atomic mass is 9.96. The van der Waals surface area contributed by atoms with Crippen LogP contribution in [-0.4, -0.2) is 5.11 Å². The number of hydrogen-bond acceptors (Lipinski definition) is 2. The number of rotatable bonds is 0. The van der Waals surface area contributed by atoms with Crippen LogP contribution in [0.1, 0.15) is 25.0 Å². The van der Waals surface area contributed by atoms with Gasteiger partial charge in [-0.15, -0.1) is 0 Å². The fourth-order valence-electron chi connectivity index (χ4n) is 1.62. The van der Waals surface area contributed by atoms with E-state index < -0.39 is 0 Å². The number of phenolic OH excluding ortho intramolecular Hbond substituents is 1. The molecule has 0 radical (unpaired) electrons. The maximum Gasteiger partial charge on any atom is 0.115 e. The third-order valence-electron chi connectivity index (χ3n) is 2.33. The molecule has 2 heteroatoms. The standard InChI is InChI=1S/C10H12O2/c1-10(2)9-4-3-8(11)5-7(9)6-12-10/h3-5,11H,6H2,1-2H3. The predicted octanol–water partition coefficient (Wildman–Crippen LogP) is 2.16. The van der Waals surface area contributed by atoms with E-state index in [0.717, 1.165) is 5.56 Å². The highest BCUT2D eigenvalue weighted by atomic mass is 16.5. The molecule has 0 saturated heterocycles. The van der Waals surface area contributed by atoms with Gasteiger partial charge in [0.05, 0.1) is 12.2 Å². The Morgan fingerprint density at radius 1 is 1.42 bits per heavy atom. The number of ether oxygens (including phenoxy) is 1. The molecule has 0 aliphatic carbocycles. The number of aromatic hydroxyl groups is 1. The van der Waals surface area contributed by atoms with Gasteiger partial charge in [-0.2, -0.15) is 0 Å². The molecule has 1 aromatic carbocycles. The van der Waals surface area contributed by atoms with E-state index in [1.807, 2.05) is 19.9 Å². The molecular weight excluding hydrogens is 152 g/mol. The summed E-state index contributed by atoms with van der Waals surface area (Å²) in [5.41, 5.74) is 2.09. The molecule has 0 amide bonds. The number of fused-ring (bicyclic) bond motifs is 1. The maximum absolute atomic E-state index is 9.21. The van der Waals surface area contributed by atoms with Crippen LogP contribution in [0.25, 0.3) is 0 Å². The van der Waals surface area contributed by atoms with E-state index in [1.54, 1.807) is 12.1 Å². The second-order valence-electron chi connectivity index (χ2n) is 3.64. The molecule has 2 rings (SSSR count). The van der Waals surface area contributed by atoms with Gasteiger partial charge < -0.3 is 9.84 Å². The molecule has 0 bridgehead atoms. The largest absolute Gasteiger partial charge is 0.508 e. The van der Waals surface area contributed by atoms with Crippen LogP contribution in [0.3, 0.4) is 0 Å². The van der Waals surface area contributed by atoms with Crippen molar-refractivity contribution in [2.75, 3.05) is 0 Å². The molecule has 0 unspecified atom stereocenters. The molecule has 1 aliphatic rings. The second-order valence-corrected chi connectivity index (χ2v) is 3.64. The average molecular weight is 164 g/mol. The van der Waals surface area contributed by atoms with Crippen LogP contribution in [0, 0.1) is 0 Å². The molecule has 0 atom stereocenters. The van der Waals surface area contributed by atoms with E-state index >= 15 is 0 Å². The minimum Gasteiger partial charge on any atom is -0.508 e. The maximum atomic E-state index is 9.21. The smallest absolute Gasteiger partial charge is 0.115 e. The number of hydrogen-bond donors (Lipinski definition) is 1. The summed E-state index contributed by atoms with van der Waals surface area (Å²) in [5, 5.41) is 9.21. The summed E-state index contributed by atoms with van der Waals surface area (Å²) in [7, 11) is 0. The van der Waals surface area contributed by atoms with Crippen molar-refractivity contribution in [3.05, 3.63) is 29.3 Å². The fraction of sp³-hybridized carbons (Fsp3) is 0.400. The summed E-state index contributed by atoms with van der Waals surface area (Å²) in [6.45, 7) is 4.68. The van der Waals surface area contributed by atoms with Crippen LogP contribution >= 0.6 is 0 Å². The second kappa shape index (κ2) is 2.23. The quantitative estimate of drug-likeness (QED) is 0.636. The average Bonchev–Trinajstić information content (AvgIpc) is 2.27. The van der Waals surface area contributed by atoms with E-state index in [2.05, 4.69) is 0 Å². The molecule has 2 nitrogen and oxygen atoms in total. The number of phenols is 1. The summed E-state index contributed by atoms with van der Waals surface area (Å²) < 4.78 is 5.55. The highest BCUT2D eigenvalue weighted by molar-refractivity contribution is 5.39. The summed E-state index contributed by atoms with van der Waals surface area (Å²) >= 11 is 0. The van der Waals surface area contributed by atoms with E-state index in [4.69, 9.17) is 4.74 Å². The van der Waals surface area contributed by atoms with Crippen molar-refractivity contribution in [2.24, 2.45) is 0 Å². The van der Waals surface area contributed by atoms with E-state index in [9.17, 15) is 5.11 Å². The van der Waals surface area contributed by atoms with Gasteiger partial charge in [0.1, 0.15) is 5.75 Å². The van der Waals surface area contributed by atoms with Crippen molar-refractivity contribution >= 4 is 0 Å². The number of benzene rings is 1. The van der Waals surface area contributed by atoms with Gasteiger partial charge in [0, 0.05) is 0 Å². The van der Waals surface area contributed by atoms with Gasteiger partial charge in [-0.3, -0.25) is 0 Å². The molecule has 0 saturated carbocycles. The summed E-state index contributed by atoms with van der Waals surface area (Å²) in [6, 6.07) is 5.40. The van der Waals surface area contributed by atoms with Gasteiger partial charge in [0.2, 0.25) is 0 Å². The third kappa shape index (κ3) is 0.994. The molecular formula is C10H12O2. The van der Waals surface area contributed by atoms with Crippen molar-refractivity contribution in [1.29, 1.82) is 0 Å². The Bertz CT molecular complexity index is 316. The lowest BCUT2D eigenvalue weighted by Crippen LogP contribution is -2.14. The van der Waals surface area contributed by atoms with Gasteiger partial charge in [0.25, 0.3) is 0 Å². The van der Waals surface area contributed by atoms with Crippen LogP contribution < -0.4 is 0 Å². The molecule has 1 N–H and O–H groups in total. The zero-order valence-corrected chi connectivity index (χ0v) is 7.29. The van der Waals surface area contributed by atoms with Crippen LogP contribution in [0.2, 0.25) is 0 Å². The molecule has 12 heavy (non-hydrogen) atoms. The molecule has 1 heterocycles. The first-order valence-corrected chi connectivity index (χ1v) is 4.06. The summed E-state index contributed by atoms with van der Waals surface area (Å²) in [4.78, 5) is 0. The molecule has 64 valence electrons. The first-order valence-electron chi connectivity index (χ1n) is 4.06. The zero-order valence-electron chi connectivity index (χ0n) is 7.29. The van der Waals surface area contributed by atoms with Gasteiger partial charge in [-0.25, -0.2) is 0 Å². The van der Waals surface area contributed by atoms with Gasteiger partial charge in [-0.05, 0) is 37.1 Å². The van der Waals surface area contributed by atoms with Crippen molar-refractivity contribution < 1.29 is 9.84 Å². The van der Waals surface area contributed by atoms with Crippen LogP contribution in [-0.2, 0) is 16.9 Å². The molecule has 1 aromatic rings. The van der Waals surface area contributed by atoms with Crippen molar-refractivity contribution in [1.82, 2.24) is 0 Å². The Labute approximate surface area is 71.8 Å². The normalized spacial score (nSPS) is 19.2. The van der Waals surface area contributed by atoms with Crippen molar-refractivity contribution in [3.63, 3.8) is 0 Å². The van der Waals surface area contributed by atoms with E-state index in [0.29, 0.717) is 12.4 Å². The third-order valence-corrected chi connectivity index (χ3v) is 2.33. The first-order chi connectivity index (χ1) is 5.59. The summed E-state index contributed by atoms with van der Waals surface area (Å²) in [5.74, 6) is 0.315. The van der Waals surface area contributed by atoms with Gasteiger partial charge in [0.15, 0.2) is 0 Å². The highest BCUT2D eigenvalue weighted by Crippen LogP contribution is 2.36. The molecule has 0 spiro atoms. The topological polar surface area (TPSA) is 29.5 Å². The monoisotopic (exact) mass is 164 g/mol. The predicted molar refractivity (Wildman–Crippen MR) is 45.9 cm³/mol. The van der Waals surface area contributed by atoms with Gasteiger partial charge >= 0.3 is 0 Å². The van der Waals surface area contributed by atoms with Crippen LogP contribution in [0.15, 0.2) is 18.2 Å². The van der Waals surface area contributed by atoms with E-state index in [1.165, 1.54) is 5.56 Å². The lowest BCUT2D eigenvalue weighted by molar-refractivity contribution is -0.00789. The van der Waals surface area contributed by atoms with E-state index in [-0.39, 0.29) is 5.60 Å². The summed E-state index contributed by atoms with van der Waals surface area (Å²) in [6.07, 6.45) is 0. The Kier molecular flexibility index (Phi) is 1.42. The Morgan fingerprint density at radius 3 is 2.92 bits per heavy atom. The fourth-order valence-corrected chi connectivity index (χ4v) is 1.62. The molecule has 0 aromatic heterocycles. The molecule has 1 aliphatic heterocycles. The van der Waals surface area contributed by atoms with Crippen LogP contribution in [0.5, 0.6) is 5.75 Å². The van der Waals surface area contributed by atoms with Crippen molar-refractivity contribution in [3.8, 4) is 5.75 Å². The Morgan fingerprint density at radius 2 is 2.17 bits per heavy atom. The van der Waals surface area contributed by atoms with Crippen LogP contribution in [0.4, 0.5) is 0 Å². The first kappa shape index (κ1) is 7.62. The lowest BCUT2D eigenvalue weighted by Gasteiger charge is -2.17. The Hall–Kier alpha value is -1.02.